The van der Waals surface area contributed by atoms with Crippen molar-refractivity contribution >= 4 is 22.2 Å². The molecule has 2 atom stereocenters. The van der Waals surface area contributed by atoms with Gasteiger partial charge in [0, 0.05) is 35.7 Å². The largest absolute Gasteiger partial charge is 0.377 e. The number of aromatic nitrogens is 5. The van der Waals surface area contributed by atoms with Gasteiger partial charge in [-0.05, 0) is 91.1 Å². The molecule has 0 aliphatic carbocycles. The van der Waals surface area contributed by atoms with Gasteiger partial charge in [0.05, 0.1) is 11.6 Å². The highest BCUT2D eigenvalue weighted by Crippen LogP contribution is 2.32. The fraction of sp³-hybridized carbons (Fsp3) is 0.481. The van der Waals surface area contributed by atoms with Gasteiger partial charge < -0.3 is 9.72 Å². The number of pyridine rings is 1. The Morgan fingerprint density at radius 2 is 2.14 bits per heavy atom. The van der Waals surface area contributed by atoms with E-state index in [4.69, 9.17) is 4.74 Å². The molecule has 1 aliphatic rings. The summed E-state index contributed by atoms with van der Waals surface area (Å²) in [4.78, 5) is 20.3. The summed E-state index contributed by atoms with van der Waals surface area (Å²) >= 11 is 1.71. The van der Waals surface area contributed by atoms with Crippen molar-refractivity contribution in [3.8, 4) is 0 Å². The zero-order chi connectivity index (χ0) is 25.3. The van der Waals surface area contributed by atoms with Gasteiger partial charge in [-0.15, -0.1) is 16.4 Å². The van der Waals surface area contributed by atoms with Crippen LogP contribution >= 0.6 is 11.3 Å². The van der Waals surface area contributed by atoms with Crippen LogP contribution in [0.3, 0.4) is 0 Å². The zero-order valence-electron chi connectivity index (χ0n) is 21.4. The van der Waals surface area contributed by atoms with Crippen molar-refractivity contribution in [2.45, 2.75) is 71.2 Å². The SMILES string of the molecule is CCc1ccc2[nH]c(=O)c([C@H](c3nnnn3C(C)(C)C)N(Cc3cccs3)C[C@@H]3CCCO3)cc2c1. The minimum atomic E-state index is -0.441. The number of fused-ring (bicyclic) bond motifs is 1. The van der Waals surface area contributed by atoms with Gasteiger partial charge in [0.15, 0.2) is 5.82 Å². The van der Waals surface area contributed by atoms with Gasteiger partial charge in [0.1, 0.15) is 6.04 Å². The maximum atomic E-state index is 13.6. The number of hydrogen-bond acceptors (Lipinski definition) is 7. The first-order chi connectivity index (χ1) is 17.3. The van der Waals surface area contributed by atoms with E-state index >= 15 is 0 Å². The Bertz CT molecular complexity index is 1370. The van der Waals surface area contributed by atoms with Crippen LogP contribution in [0.25, 0.3) is 10.9 Å². The van der Waals surface area contributed by atoms with Crippen LogP contribution in [0.4, 0.5) is 0 Å². The third kappa shape index (κ3) is 5.14. The maximum absolute atomic E-state index is 13.6. The smallest absolute Gasteiger partial charge is 0.253 e. The van der Waals surface area contributed by atoms with Gasteiger partial charge in [-0.25, -0.2) is 4.68 Å². The molecule has 0 bridgehead atoms. The molecule has 0 radical (unpaired) electrons. The Hall–Kier alpha value is -2.88. The lowest BCUT2D eigenvalue weighted by Gasteiger charge is -2.34. The van der Waals surface area contributed by atoms with Crippen LogP contribution < -0.4 is 5.56 Å². The molecule has 1 N–H and O–H groups in total. The second kappa shape index (κ2) is 10.2. The lowest BCUT2D eigenvalue weighted by molar-refractivity contribution is 0.0569. The number of nitrogens with one attached hydrogen (secondary N) is 1. The van der Waals surface area contributed by atoms with Gasteiger partial charge in [-0.3, -0.25) is 9.69 Å². The lowest BCUT2D eigenvalue weighted by atomic mass is 10.00. The van der Waals surface area contributed by atoms with Crippen molar-refractivity contribution in [2.75, 3.05) is 13.2 Å². The van der Waals surface area contributed by atoms with Crippen LogP contribution in [0, 0.1) is 0 Å². The quantitative estimate of drug-likeness (QED) is 0.374. The molecule has 0 unspecified atom stereocenters. The minimum Gasteiger partial charge on any atom is -0.377 e. The molecule has 5 rings (SSSR count). The van der Waals surface area contributed by atoms with Gasteiger partial charge in [-0.2, -0.15) is 0 Å². The number of aromatic amines is 1. The van der Waals surface area contributed by atoms with Crippen molar-refractivity contribution in [1.82, 2.24) is 30.1 Å². The predicted molar refractivity (Wildman–Crippen MR) is 142 cm³/mol. The molecule has 1 saturated heterocycles. The zero-order valence-corrected chi connectivity index (χ0v) is 22.2. The second-order valence-corrected chi connectivity index (χ2v) is 11.5. The Morgan fingerprint density at radius 1 is 1.28 bits per heavy atom. The average Bonchev–Trinajstić information content (AvgIpc) is 3.62. The van der Waals surface area contributed by atoms with Crippen molar-refractivity contribution in [3.63, 3.8) is 0 Å². The van der Waals surface area contributed by atoms with Crippen LogP contribution in [-0.2, 0) is 23.2 Å². The molecule has 3 aromatic heterocycles. The number of hydrogen-bond donors (Lipinski definition) is 1. The molecule has 1 aromatic carbocycles. The van der Waals surface area contributed by atoms with Crippen LogP contribution in [0.2, 0.25) is 0 Å². The third-order valence-electron chi connectivity index (χ3n) is 6.78. The van der Waals surface area contributed by atoms with Crippen molar-refractivity contribution in [3.05, 3.63) is 74.0 Å². The third-order valence-corrected chi connectivity index (χ3v) is 7.64. The predicted octanol–water partition coefficient (Wildman–Crippen LogP) is 4.66. The molecular formula is C27H34N6O2S. The lowest BCUT2D eigenvalue weighted by Crippen LogP contribution is -2.40. The number of benzene rings is 1. The fourth-order valence-corrected chi connectivity index (χ4v) is 5.68. The molecule has 4 aromatic rings. The number of nitrogens with zero attached hydrogens (tertiary/aromatic N) is 5. The molecule has 4 heterocycles. The normalized spacial score (nSPS) is 17.3. The van der Waals surface area contributed by atoms with E-state index in [1.807, 2.05) is 16.8 Å². The van der Waals surface area contributed by atoms with Crippen LogP contribution in [-0.4, -0.2) is 49.3 Å². The van der Waals surface area contributed by atoms with Crippen molar-refractivity contribution < 1.29 is 4.74 Å². The first-order valence-electron chi connectivity index (χ1n) is 12.7. The molecule has 1 fully saturated rings. The van der Waals surface area contributed by atoms with Gasteiger partial charge >= 0.3 is 0 Å². The van der Waals surface area contributed by atoms with E-state index in [-0.39, 0.29) is 17.2 Å². The molecule has 0 spiro atoms. The number of thiophene rings is 1. The van der Waals surface area contributed by atoms with E-state index in [9.17, 15) is 4.79 Å². The number of tetrazole rings is 1. The number of H-pyrrole nitrogens is 1. The first-order valence-corrected chi connectivity index (χ1v) is 13.5. The molecule has 8 nitrogen and oxygen atoms in total. The van der Waals surface area contributed by atoms with E-state index in [2.05, 4.69) is 82.7 Å². The second-order valence-electron chi connectivity index (χ2n) is 10.5. The Morgan fingerprint density at radius 3 is 2.83 bits per heavy atom. The highest BCUT2D eigenvalue weighted by Gasteiger charge is 2.35. The van der Waals surface area contributed by atoms with Crippen molar-refractivity contribution in [1.29, 1.82) is 0 Å². The summed E-state index contributed by atoms with van der Waals surface area (Å²) in [5, 5.41) is 16.0. The number of ether oxygens (including phenoxy) is 1. The summed E-state index contributed by atoms with van der Waals surface area (Å²) in [5.41, 5.74) is 2.23. The van der Waals surface area contributed by atoms with Crippen LogP contribution in [0.1, 0.15) is 68.4 Å². The summed E-state index contributed by atoms with van der Waals surface area (Å²) in [6, 6.07) is 12.0. The summed E-state index contributed by atoms with van der Waals surface area (Å²) in [7, 11) is 0. The monoisotopic (exact) mass is 506 g/mol. The van der Waals surface area contributed by atoms with Crippen molar-refractivity contribution in [2.24, 2.45) is 0 Å². The maximum Gasteiger partial charge on any atom is 0.253 e. The van der Waals surface area contributed by atoms with Crippen LogP contribution in [0.5, 0.6) is 0 Å². The fourth-order valence-electron chi connectivity index (χ4n) is 4.95. The average molecular weight is 507 g/mol. The van der Waals surface area contributed by atoms with E-state index in [1.54, 1.807) is 11.3 Å². The van der Waals surface area contributed by atoms with E-state index in [0.717, 1.165) is 36.8 Å². The van der Waals surface area contributed by atoms with E-state index in [0.29, 0.717) is 24.5 Å². The first kappa shape index (κ1) is 24.8. The number of rotatable bonds is 8. The molecule has 36 heavy (non-hydrogen) atoms. The molecular weight excluding hydrogens is 472 g/mol. The Kier molecular flexibility index (Phi) is 7.05. The van der Waals surface area contributed by atoms with Gasteiger partial charge in [0.25, 0.3) is 5.56 Å². The van der Waals surface area contributed by atoms with Gasteiger partial charge in [-0.1, -0.05) is 19.1 Å². The topological polar surface area (TPSA) is 88.9 Å². The van der Waals surface area contributed by atoms with E-state index < -0.39 is 6.04 Å². The molecule has 1 aliphatic heterocycles. The molecule has 0 saturated carbocycles. The summed E-state index contributed by atoms with van der Waals surface area (Å²) in [6.07, 6.45) is 3.10. The Balaban J connectivity index is 1.69. The summed E-state index contributed by atoms with van der Waals surface area (Å²) in [6.45, 7) is 10.5. The highest BCUT2D eigenvalue weighted by molar-refractivity contribution is 7.09. The highest BCUT2D eigenvalue weighted by atomic mass is 32.1. The Labute approximate surface area is 215 Å². The molecule has 0 amide bonds. The number of aryl methyl sites for hydroxylation is 1. The minimum absolute atomic E-state index is 0.109. The van der Waals surface area contributed by atoms with E-state index in [1.165, 1.54) is 10.4 Å². The summed E-state index contributed by atoms with van der Waals surface area (Å²) in [5.74, 6) is 0.661. The molecule has 9 heteroatoms. The standard InChI is InChI=1S/C27H34N6O2S/c1-5-18-10-11-23-19(14-18)15-22(26(34)28-23)24(25-29-30-31-33(25)27(2,3)4)32(16-20-8-6-12-35-20)17-21-9-7-13-36-21/h7,9-11,13-15,20,24H,5-6,8,12,16-17H2,1-4H3,(H,28,34)/t20-,24+/m0/s1. The molecule has 190 valence electrons. The van der Waals surface area contributed by atoms with Crippen LogP contribution in [0.15, 0.2) is 46.6 Å². The van der Waals surface area contributed by atoms with Gasteiger partial charge in [0.2, 0.25) is 0 Å². The summed E-state index contributed by atoms with van der Waals surface area (Å²) < 4.78 is 7.90.